The fraction of sp³-hybridized carbons (Fsp3) is 0.444. The Balaban J connectivity index is 1.55. The quantitative estimate of drug-likeness (QED) is 0.783. The van der Waals surface area contributed by atoms with Gasteiger partial charge in [-0.25, -0.2) is 4.98 Å². The van der Waals surface area contributed by atoms with Gasteiger partial charge >= 0.3 is 0 Å². The molecule has 2 fully saturated rings. The van der Waals surface area contributed by atoms with E-state index in [4.69, 9.17) is 34.8 Å². The Morgan fingerprint density at radius 3 is 2.54 bits per heavy atom. The smallest absolute Gasteiger partial charge is 0.227 e. The Labute approximate surface area is 168 Å². The minimum atomic E-state index is -0.0713. The van der Waals surface area contributed by atoms with Crippen LogP contribution in [0.1, 0.15) is 24.2 Å². The van der Waals surface area contributed by atoms with Crippen LogP contribution < -0.4 is 15.5 Å². The van der Waals surface area contributed by atoms with Crippen LogP contribution in [0.2, 0.25) is 15.1 Å². The average molecular weight is 413 g/mol. The van der Waals surface area contributed by atoms with Crippen LogP contribution in [0.5, 0.6) is 0 Å². The van der Waals surface area contributed by atoms with Crippen molar-refractivity contribution in [3.8, 4) is 0 Å². The highest BCUT2D eigenvalue weighted by atomic mass is 35.5. The van der Waals surface area contributed by atoms with E-state index < -0.39 is 0 Å². The van der Waals surface area contributed by atoms with Crippen LogP contribution in [0.25, 0.3) is 0 Å². The largest absolute Gasteiger partial charge is 0.362 e. The average Bonchev–Trinajstić information content (AvgIpc) is 2.49. The van der Waals surface area contributed by atoms with Gasteiger partial charge in [0.25, 0.3) is 0 Å². The molecule has 0 aliphatic carbocycles. The molecule has 2 aliphatic rings. The van der Waals surface area contributed by atoms with E-state index in [1.165, 1.54) is 0 Å². The lowest BCUT2D eigenvalue weighted by atomic mass is 9.75. The molecule has 2 aliphatic heterocycles. The number of aryl methyl sites for hydroxylation is 1. The molecule has 26 heavy (non-hydrogen) atoms. The maximum absolute atomic E-state index is 6.45. The molecular weight excluding hydrogens is 393 g/mol. The zero-order valence-electron chi connectivity index (χ0n) is 14.6. The lowest BCUT2D eigenvalue weighted by Crippen LogP contribution is -2.71. The highest BCUT2D eigenvalue weighted by molar-refractivity contribution is 6.35. The van der Waals surface area contributed by atoms with Crippen LogP contribution in [0.15, 0.2) is 18.2 Å². The van der Waals surface area contributed by atoms with E-state index in [9.17, 15) is 0 Å². The van der Waals surface area contributed by atoms with Gasteiger partial charge in [-0.3, -0.25) is 0 Å². The van der Waals surface area contributed by atoms with Gasteiger partial charge in [-0.05, 0) is 31.5 Å². The number of nitrogens with zero attached hydrogens (tertiary/aromatic N) is 3. The Morgan fingerprint density at radius 2 is 1.92 bits per heavy atom. The summed E-state index contributed by atoms with van der Waals surface area (Å²) < 4.78 is 0. The molecular formula is C18H20Cl3N5. The number of benzene rings is 1. The molecule has 4 rings (SSSR count). The Morgan fingerprint density at radius 1 is 1.19 bits per heavy atom. The fourth-order valence-corrected chi connectivity index (χ4v) is 4.24. The third-order valence-corrected chi connectivity index (χ3v) is 6.14. The molecule has 1 aromatic carbocycles. The Hall–Kier alpha value is -1.27. The van der Waals surface area contributed by atoms with E-state index in [0.717, 1.165) is 43.4 Å². The molecule has 8 heteroatoms. The van der Waals surface area contributed by atoms with E-state index in [-0.39, 0.29) is 6.04 Å². The highest BCUT2D eigenvalue weighted by Gasteiger charge is 2.48. The summed E-state index contributed by atoms with van der Waals surface area (Å²) in [6, 6.07) is 5.40. The normalized spacial score (nSPS) is 19.0. The Bertz CT molecular complexity index is 845. The summed E-state index contributed by atoms with van der Waals surface area (Å²) in [6.07, 6.45) is 0. The standard InChI is InChI=1S/C18H20Cl3N5/c1-10(13-4-3-12(19)5-14(13)20)23-16-15(21)11(2)24-17(25-16)26-8-18(9-26)6-22-7-18/h3-5,10,22H,6-9H2,1-2H3,(H,23,24,25)/t10-/m1/s1. The lowest BCUT2D eigenvalue weighted by Gasteiger charge is -2.56. The van der Waals surface area contributed by atoms with Crippen molar-refractivity contribution in [2.24, 2.45) is 5.41 Å². The molecule has 0 amide bonds. The molecule has 1 aromatic heterocycles. The summed E-state index contributed by atoms with van der Waals surface area (Å²) in [6.45, 7) is 8.04. The van der Waals surface area contributed by atoms with Gasteiger partial charge in [0, 0.05) is 41.6 Å². The first-order chi connectivity index (χ1) is 12.4. The van der Waals surface area contributed by atoms with Gasteiger partial charge in [-0.1, -0.05) is 40.9 Å². The zero-order valence-corrected chi connectivity index (χ0v) is 16.9. The second-order valence-electron chi connectivity index (χ2n) is 7.26. The first kappa shape index (κ1) is 18.1. The molecule has 0 radical (unpaired) electrons. The van der Waals surface area contributed by atoms with E-state index in [1.807, 2.05) is 26.0 Å². The summed E-state index contributed by atoms with van der Waals surface area (Å²) in [4.78, 5) is 11.4. The summed E-state index contributed by atoms with van der Waals surface area (Å²) in [5.41, 5.74) is 2.11. The van der Waals surface area contributed by atoms with Gasteiger partial charge in [0.1, 0.15) is 5.02 Å². The fourth-order valence-electron chi connectivity index (χ4n) is 3.52. The monoisotopic (exact) mass is 411 g/mol. The van der Waals surface area contributed by atoms with E-state index >= 15 is 0 Å². The predicted octanol–water partition coefficient (Wildman–Crippen LogP) is 4.33. The molecule has 5 nitrogen and oxygen atoms in total. The lowest BCUT2D eigenvalue weighted by molar-refractivity contribution is 0.119. The van der Waals surface area contributed by atoms with Gasteiger partial charge in [-0.15, -0.1) is 0 Å². The number of rotatable bonds is 4. The van der Waals surface area contributed by atoms with Gasteiger partial charge in [0.15, 0.2) is 5.82 Å². The number of hydrogen-bond acceptors (Lipinski definition) is 5. The molecule has 0 bridgehead atoms. The number of halogens is 3. The van der Waals surface area contributed by atoms with Gasteiger partial charge in [0.05, 0.1) is 11.7 Å². The molecule has 2 N–H and O–H groups in total. The molecule has 138 valence electrons. The second kappa shape index (κ2) is 6.71. The Kier molecular flexibility index (Phi) is 4.68. The van der Waals surface area contributed by atoms with Gasteiger partial charge in [-0.2, -0.15) is 4.98 Å². The summed E-state index contributed by atoms with van der Waals surface area (Å²) in [5, 5.41) is 8.47. The first-order valence-corrected chi connectivity index (χ1v) is 9.72. The van der Waals surface area contributed by atoms with E-state index in [0.29, 0.717) is 26.3 Å². The molecule has 1 atom stereocenters. The van der Waals surface area contributed by atoms with Crippen LogP contribution in [0, 0.1) is 12.3 Å². The topological polar surface area (TPSA) is 53.1 Å². The van der Waals surface area contributed by atoms with E-state index in [2.05, 4.69) is 25.5 Å². The third-order valence-electron chi connectivity index (χ3n) is 5.12. The molecule has 1 spiro atoms. The SMILES string of the molecule is Cc1nc(N2CC3(CNC3)C2)nc(N[C@H](C)c2ccc(Cl)cc2Cl)c1Cl. The maximum Gasteiger partial charge on any atom is 0.227 e. The maximum atomic E-state index is 6.45. The zero-order chi connectivity index (χ0) is 18.5. The van der Waals surface area contributed by atoms with Crippen LogP contribution >= 0.6 is 34.8 Å². The number of aromatic nitrogens is 2. The van der Waals surface area contributed by atoms with Crippen molar-refractivity contribution >= 4 is 46.6 Å². The minimum Gasteiger partial charge on any atom is -0.362 e. The number of hydrogen-bond donors (Lipinski definition) is 2. The van der Waals surface area contributed by atoms with Crippen molar-refractivity contribution in [3.63, 3.8) is 0 Å². The predicted molar refractivity (Wildman–Crippen MR) is 108 cm³/mol. The van der Waals surface area contributed by atoms with Crippen molar-refractivity contribution < 1.29 is 0 Å². The van der Waals surface area contributed by atoms with Crippen LogP contribution in [-0.2, 0) is 0 Å². The van der Waals surface area contributed by atoms with Crippen molar-refractivity contribution in [1.82, 2.24) is 15.3 Å². The van der Waals surface area contributed by atoms with Crippen LogP contribution in [0.4, 0.5) is 11.8 Å². The second-order valence-corrected chi connectivity index (χ2v) is 8.48. The van der Waals surface area contributed by atoms with Crippen LogP contribution in [0.3, 0.4) is 0 Å². The molecule has 2 aromatic rings. The molecule has 0 saturated carbocycles. The first-order valence-electron chi connectivity index (χ1n) is 8.58. The van der Waals surface area contributed by atoms with Gasteiger partial charge < -0.3 is 15.5 Å². The molecule has 3 heterocycles. The molecule has 2 saturated heterocycles. The minimum absolute atomic E-state index is 0.0713. The van der Waals surface area contributed by atoms with Gasteiger partial charge in [0.2, 0.25) is 5.95 Å². The number of nitrogens with one attached hydrogen (secondary N) is 2. The van der Waals surface area contributed by atoms with Crippen molar-refractivity contribution in [1.29, 1.82) is 0 Å². The third kappa shape index (κ3) is 3.22. The van der Waals surface area contributed by atoms with Crippen molar-refractivity contribution in [2.45, 2.75) is 19.9 Å². The van der Waals surface area contributed by atoms with Crippen LogP contribution in [-0.4, -0.2) is 36.1 Å². The van der Waals surface area contributed by atoms with E-state index in [1.54, 1.807) is 6.07 Å². The molecule has 0 unspecified atom stereocenters. The summed E-state index contributed by atoms with van der Waals surface area (Å²) >= 11 is 18.8. The highest BCUT2D eigenvalue weighted by Crippen LogP contribution is 2.38. The van der Waals surface area contributed by atoms with Crippen molar-refractivity contribution in [2.75, 3.05) is 36.4 Å². The number of anilines is 2. The summed E-state index contributed by atoms with van der Waals surface area (Å²) in [5.74, 6) is 1.35. The van der Waals surface area contributed by atoms with Crippen molar-refractivity contribution in [3.05, 3.63) is 44.5 Å². The summed E-state index contributed by atoms with van der Waals surface area (Å²) in [7, 11) is 0.